The van der Waals surface area contributed by atoms with E-state index in [1.807, 2.05) is 0 Å². The number of nitrogens with one attached hydrogen (secondary N) is 1. The van der Waals surface area contributed by atoms with Crippen molar-refractivity contribution < 1.29 is 14.3 Å². The lowest BCUT2D eigenvalue weighted by Crippen LogP contribution is -2.26. The maximum absolute atomic E-state index is 13.6. The van der Waals surface area contributed by atoms with Crippen molar-refractivity contribution in [3.8, 4) is 5.75 Å². The molecule has 0 aromatic heterocycles. The third-order valence-electron chi connectivity index (χ3n) is 2.81. The van der Waals surface area contributed by atoms with Gasteiger partial charge in [-0.1, -0.05) is 28.1 Å². The van der Waals surface area contributed by atoms with Crippen molar-refractivity contribution >= 4 is 21.8 Å². The quantitative estimate of drug-likeness (QED) is 0.899. The average Bonchev–Trinajstić information content (AvgIpc) is 2.41. The first kappa shape index (κ1) is 14.5. The second-order valence-electron chi connectivity index (χ2n) is 4.30. The van der Waals surface area contributed by atoms with Crippen LogP contribution in [0.1, 0.15) is 15.9 Å². The number of carbonyl (C=O) groups is 1. The van der Waals surface area contributed by atoms with Crippen molar-refractivity contribution in [1.82, 2.24) is 5.32 Å². The van der Waals surface area contributed by atoms with E-state index in [0.29, 0.717) is 17.4 Å². The highest BCUT2D eigenvalue weighted by Crippen LogP contribution is 2.15. The van der Waals surface area contributed by atoms with E-state index in [4.69, 9.17) is 5.11 Å². The third-order valence-corrected chi connectivity index (χ3v) is 3.30. The zero-order chi connectivity index (χ0) is 14.5. The Morgan fingerprint density at radius 1 is 1.20 bits per heavy atom. The molecular weight excluding hydrogens is 325 g/mol. The molecule has 2 aromatic carbocycles. The summed E-state index contributed by atoms with van der Waals surface area (Å²) in [6, 6.07) is 11.1. The molecule has 0 aliphatic rings. The lowest BCUT2D eigenvalue weighted by Gasteiger charge is -2.06. The summed E-state index contributed by atoms with van der Waals surface area (Å²) in [6.45, 7) is 0.402. The molecule has 0 unspecified atom stereocenters. The Bertz CT molecular complexity index is 614. The molecule has 104 valence electrons. The number of phenolic OH excluding ortho intramolecular Hbond substituents is 1. The van der Waals surface area contributed by atoms with Gasteiger partial charge in [0.25, 0.3) is 5.91 Å². The van der Waals surface area contributed by atoms with Crippen molar-refractivity contribution in [3.05, 3.63) is 63.9 Å². The van der Waals surface area contributed by atoms with E-state index in [2.05, 4.69) is 21.2 Å². The summed E-state index contributed by atoms with van der Waals surface area (Å²) in [4.78, 5) is 11.8. The second-order valence-corrected chi connectivity index (χ2v) is 5.21. The van der Waals surface area contributed by atoms with Crippen LogP contribution in [-0.2, 0) is 6.42 Å². The number of hydrogen-bond acceptors (Lipinski definition) is 2. The first-order valence-electron chi connectivity index (χ1n) is 6.07. The number of hydrogen-bond donors (Lipinski definition) is 2. The molecule has 0 atom stereocenters. The van der Waals surface area contributed by atoms with Gasteiger partial charge in [0.2, 0.25) is 0 Å². The molecule has 0 heterocycles. The highest BCUT2D eigenvalue weighted by atomic mass is 79.9. The summed E-state index contributed by atoms with van der Waals surface area (Å²) in [5.41, 5.74) is 1.01. The molecule has 3 nitrogen and oxygen atoms in total. The van der Waals surface area contributed by atoms with E-state index in [9.17, 15) is 9.18 Å². The zero-order valence-corrected chi connectivity index (χ0v) is 12.2. The van der Waals surface area contributed by atoms with E-state index in [1.54, 1.807) is 30.3 Å². The standard InChI is InChI=1S/C15H13BrFNO2/c16-11-3-6-13(14(17)9-11)15(20)18-8-7-10-1-4-12(19)5-2-10/h1-6,9,19H,7-8H2,(H,18,20). The molecule has 0 saturated carbocycles. The Labute approximate surface area is 124 Å². The van der Waals surface area contributed by atoms with Crippen LogP contribution in [0.3, 0.4) is 0 Å². The number of carbonyl (C=O) groups excluding carboxylic acids is 1. The number of benzene rings is 2. The monoisotopic (exact) mass is 337 g/mol. The van der Waals surface area contributed by atoms with Gasteiger partial charge in [-0.15, -0.1) is 0 Å². The summed E-state index contributed by atoms with van der Waals surface area (Å²) in [6.07, 6.45) is 0.615. The van der Waals surface area contributed by atoms with E-state index in [1.165, 1.54) is 12.1 Å². The van der Waals surface area contributed by atoms with Gasteiger partial charge < -0.3 is 10.4 Å². The van der Waals surface area contributed by atoms with Gasteiger partial charge in [-0.2, -0.15) is 0 Å². The summed E-state index contributed by atoms with van der Waals surface area (Å²) in [5.74, 6) is -0.787. The average molecular weight is 338 g/mol. The second kappa shape index (κ2) is 6.52. The predicted molar refractivity (Wildman–Crippen MR) is 78.2 cm³/mol. The van der Waals surface area contributed by atoms with E-state index in [0.717, 1.165) is 5.56 Å². The van der Waals surface area contributed by atoms with E-state index in [-0.39, 0.29) is 11.3 Å². The molecule has 0 fully saturated rings. The lowest BCUT2D eigenvalue weighted by molar-refractivity contribution is 0.0950. The summed E-state index contributed by atoms with van der Waals surface area (Å²) in [5, 5.41) is 11.8. The van der Waals surface area contributed by atoms with Gasteiger partial charge in [-0.3, -0.25) is 4.79 Å². The topological polar surface area (TPSA) is 49.3 Å². The molecule has 2 N–H and O–H groups in total. The molecular formula is C15H13BrFNO2. The number of phenols is 1. The molecule has 1 amide bonds. The smallest absolute Gasteiger partial charge is 0.254 e. The van der Waals surface area contributed by atoms with Gasteiger partial charge in [0.15, 0.2) is 0 Å². The van der Waals surface area contributed by atoms with Gasteiger partial charge >= 0.3 is 0 Å². The van der Waals surface area contributed by atoms with Crippen LogP contribution in [0, 0.1) is 5.82 Å². The fraction of sp³-hybridized carbons (Fsp3) is 0.133. The molecule has 0 aliphatic carbocycles. The largest absolute Gasteiger partial charge is 0.508 e. The minimum absolute atomic E-state index is 0.0268. The molecule has 0 spiro atoms. The van der Waals surface area contributed by atoms with Crippen LogP contribution in [0.2, 0.25) is 0 Å². The first-order chi connectivity index (χ1) is 9.56. The number of rotatable bonds is 4. The van der Waals surface area contributed by atoms with Crippen molar-refractivity contribution in [1.29, 1.82) is 0 Å². The highest BCUT2D eigenvalue weighted by molar-refractivity contribution is 9.10. The summed E-state index contributed by atoms with van der Waals surface area (Å²) < 4.78 is 14.2. The summed E-state index contributed by atoms with van der Waals surface area (Å²) >= 11 is 3.14. The highest BCUT2D eigenvalue weighted by Gasteiger charge is 2.11. The lowest BCUT2D eigenvalue weighted by atomic mass is 10.1. The molecule has 5 heteroatoms. The van der Waals surface area contributed by atoms with Crippen molar-refractivity contribution in [2.75, 3.05) is 6.54 Å². The molecule has 0 aliphatic heterocycles. The van der Waals surface area contributed by atoms with Crippen LogP contribution in [0.25, 0.3) is 0 Å². The van der Waals surface area contributed by atoms with Gasteiger partial charge in [0.1, 0.15) is 11.6 Å². The Morgan fingerprint density at radius 3 is 2.55 bits per heavy atom. The SMILES string of the molecule is O=C(NCCc1ccc(O)cc1)c1ccc(Br)cc1F. The van der Waals surface area contributed by atoms with Crippen molar-refractivity contribution in [2.24, 2.45) is 0 Å². The Balaban J connectivity index is 1.90. The molecule has 0 bridgehead atoms. The maximum atomic E-state index is 13.6. The van der Waals surface area contributed by atoms with Crippen LogP contribution in [0.4, 0.5) is 4.39 Å². The fourth-order valence-corrected chi connectivity index (χ4v) is 2.08. The van der Waals surface area contributed by atoms with E-state index >= 15 is 0 Å². The van der Waals surface area contributed by atoms with Gasteiger partial charge in [0, 0.05) is 11.0 Å². The van der Waals surface area contributed by atoms with Gasteiger partial charge in [-0.25, -0.2) is 4.39 Å². The molecule has 20 heavy (non-hydrogen) atoms. The zero-order valence-electron chi connectivity index (χ0n) is 10.6. The number of aromatic hydroxyl groups is 1. The fourth-order valence-electron chi connectivity index (χ4n) is 1.75. The molecule has 2 aromatic rings. The van der Waals surface area contributed by atoms with Crippen LogP contribution in [0.15, 0.2) is 46.9 Å². The summed E-state index contributed by atoms with van der Waals surface area (Å²) in [7, 11) is 0. The van der Waals surface area contributed by atoms with Crippen LogP contribution in [-0.4, -0.2) is 17.6 Å². The number of halogens is 2. The Kier molecular flexibility index (Phi) is 4.74. The van der Waals surface area contributed by atoms with E-state index < -0.39 is 11.7 Å². The molecule has 0 radical (unpaired) electrons. The first-order valence-corrected chi connectivity index (χ1v) is 6.87. The minimum Gasteiger partial charge on any atom is -0.508 e. The van der Waals surface area contributed by atoms with Crippen molar-refractivity contribution in [3.63, 3.8) is 0 Å². The van der Waals surface area contributed by atoms with Crippen LogP contribution >= 0.6 is 15.9 Å². The van der Waals surface area contributed by atoms with Crippen LogP contribution in [0.5, 0.6) is 5.75 Å². The van der Waals surface area contributed by atoms with Gasteiger partial charge in [-0.05, 0) is 42.3 Å². The Hall–Kier alpha value is -1.88. The minimum atomic E-state index is -0.554. The predicted octanol–water partition coefficient (Wildman–Crippen LogP) is 3.27. The van der Waals surface area contributed by atoms with Gasteiger partial charge in [0.05, 0.1) is 5.56 Å². The Morgan fingerprint density at radius 2 is 1.90 bits per heavy atom. The molecule has 2 rings (SSSR count). The van der Waals surface area contributed by atoms with Crippen molar-refractivity contribution in [2.45, 2.75) is 6.42 Å². The van der Waals surface area contributed by atoms with Crippen LogP contribution < -0.4 is 5.32 Å². The maximum Gasteiger partial charge on any atom is 0.254 e. The molecule has 0 saturated heterocycles. The normalized spacial score (nSPS) is 10.3. The number of amides is 1. The third kappa shape index (κ3) is 3.81.